The fourth-order valence-electron chi connectivity index (χ4n) is 2.17. The van der Waals surface area contributed by atoms with Crippen LogP contribution >= 0.6 is 0 Å². The molecule has 1 saturated carbocycles. The Morgan fingerprint density at radius 3 is 2.63 bits per heavy atom. The van der Waals surface area contributed by atoms with Gasteiger partial charge in [0.2, 0.25) is 5.91 Å². The third kappa shape index (κ3) is 5.83. The molecule has 1 aliphatic carbocycles. The van der Waals surface area contributed by atoms with E-state index in [9.17, 15) is 9.59 Å². The van der Waals surface area contributed by atoms with Gasteiger partial charge in [-0.3, -0.25) is 10.2 Å². The van der Waals surface area contributed by atoms with Gasteiger partial charge in [0.15, 0.2) is 0 Å². The fraction of sp³-hybridized carbons (Fsp3) is 0.769. The van der Waals surface area contributed by atoms with Gasteiger partial charge in [-0.05, 0) is 46.0 Å². The average molecular weight is 269 g/mol. The first-order chi connectivity index (χ1) is 8.81. The van der Waals surface area contributed by atoms with Crippen LogP contribution < -0.4 is 11.3 Å². The van der Waals surface area contributed by atoms with Crippen LogP contribution in [0.1, 0.15) is 46.5 Å². The van der Waals surface area contributed by atoms with Crippen LogP contribution in [0.5, 0.6) is 0 Å². The van der Waals surface area contributed by atoms with Crippen LogP contribution in [0.4, 0.5) is 4.79 Å². The number of nitrogens with two attached hydrogens (primary N) is 1. The largest absolute Gasteiger partial charge is 0.442 e. The number of aliphatic imine (C=N–C) groups is 1. The zero-order chi connectivity index (χ0) is 14.5. The predicted molar refractivity (Wildman–Crippen MR) is 72.5 cm³/mol. The number of nitrogens with one attached hydrogen (secondary N) is 1. The predicted octanol–water partition coefficient (Wildman–Crippen LogP) is 1.79. The molecule has 3 N–H and O–H groups in total. The number of hydrogen-bond donors (Lipinski definition) is 2. The van der Waals surface area contributed by atoms with Gasteiger partial charge in [-0.25, -0.2) is 10.6 Å². The maximum Gasteiger partial charge on any atom is 0.433 e. The summed E-state index contributed by atoms with van der Waals surface area (Å²) in [5.41, 5.74) is 1.64. The Morgan fingerprint density at radius 1 is 1.37 bits per heavy atom. The van der Waals surface area contributed by atoms with Crippen molar-refractivity contribution in [2.24, 2.45) is 22.7 Å². The van der Waals surface area contributed by atoms with Crippen molar-refractivity contribution in [1.29, 1.82) is 0 Å². The minimum atomic E-state index is -0.585. The number of rotatable bonds is 2. The van der Waals surface area contributed by atoms with Crippen LogP contribution in [0.15, 0.2) is 4.99 Å². The smallest absolute Gasteiger partial charge is 0.433 e. The van der Waals surface area contributed by atoms with E-state index in [2.05, 4.69) is 10.4 Å². The summed E-state index contributed by atoms with van der Waals surface area (Å²) in [5, 5.41) is 0. The molecule has 108 valence electrons. The summed E-state index contributed by atoms with van der Waals surface area (Å²) in [4.78, 5) is 26.7. The molecule has 1 unspecified atom stereocenters. The Labute approximate surface area is 113 Å². The Hall–Kier alpha value is -1.43. The second-order valence-electron chi connectivity index (χ2n) is 5.89. The molecule has 0 aliphatic heterocycles. The van der Waals surface area contributed by atoms with E-state index in [1.54, 1.807) is 27.0 Å². The van der Waals surface area contributed by atoms with Crippen LogP contribution in [0, 0.1) is 11.8 Å². The van der Waals surface area contributed by atoms with Gasteiger partial charge in [0.25, 0.3) is 0 Å². The molecule has 0 radical (unpaired) electrons. The maximum atomic E-state index is 11.5. The van der Waals surface area contributed by atoms with Crippen LogP contribution in [0.2, 0.25) is 0 Å². The molecule has 0 aromatic rings. The first-order valence-electron chi connectivity index (χ1n) is 6.59. The van der Waals surface area contributed by atoms with Gasteiger partial charge >= 0.3 is 6.09 Å². The van der Waals surface area contributed by atoms with Crippen molar-refractivity contribution in [2.75, 3.05) is 0 Å². The molecule has 0 aromatic heterocycles. The molecule has 2 amide bonds. The quantitative estimate of drug-likeness (QED) is 0.346. The Bertz CT molecular complexity index is 361. The summed E-state index contributed by atoms with van der Waals surface area (Å²) in [6.45, 7) is 5.38. The lowest BCUT2D eigenvalue weighted by molar-refractivity contribution is -0.126. The zero-order valence-corrected chi connectivity index (χ0v) is 11.8. The molecular weight excluding hydrogens is 246 g/mol. The number of hydrazine groups is 1. The van der Waals surface area contributed by atoms with Crippen LogP contribution in [-0.2, 0) is 9.53 Å². The summed E-state index contributed by atoms with van der Waals surface area (Å²) in [5.74, 6) is 5.03. The number of ether oxygens (including phenoxy) is 1. The molecule has 0 spiro atoms. The zero-order valence-electron chi connectivity index (χ0n) is 11.8. The fourth-order valence-corrected chi connectivity index (χ4v) is 2.17. The minimum Gasteiger partial charge on any atom is -0.442 e. The number of hydrogen-bond acceptors (Lipinski definition) is 4. The lowest BCUT2D eigenvalue weighted by atomic mass is 9.81. The first-order valence-corrected chi connectivity index (χ1v) is 6.59. The van der Waals surface area contributed by atoms with Crippen molar-refractivity contribution in [3.63, 3.8) is 0 Å². The molecule has 1 fully saturated rings. The molecule has 1 aliphatic rings. The highest BCUT2D eigenvalue weighted by Crippen LogP contribution is 2.28. The number of amides is 2. The lowest BCUT2D eigenvalue weighted by Gasteiger charge is -2.25. The molecule has 0 bridgehead atoms. The summed E-state index contributed by atoms with van der Waals surface area (Å²) >= 11 is 0. The maximum absolute atomic E-state index is 11.5. The summed E-state index contributed by atoms with van der Waals surface area (Å²) < 4.78 is 5.09. The Balaban J connectivity index is 2.48. The topological polar surface area (TPSA) is 93.8 Å². The molecule has 6 nitrogen and oxygen atoms in total. The van der Waals surface area contributed by atoms with Gasteiger partial charge < -0.3 is 4.74 Å². The van der Waals surface area contributed by atoms with Crippen molar-refractivity contribution < 1.29 is 14.3 Å². The SMILES string of the molecule is CC(C)(C)OC(=O)N=CC1CCC[C@H](C(=O)NN)C1. The standard InChI is InChI=1S/C13H23N3O3/c1-13(2,3)19-12(18)15-8-9-5-4-6-10(7-9)11(17)16-14/h8-10H,4-7,14H2,1-3H3,(H,16,17)/t9?,10-/m0/s1. The van der Waals surface area contributed by atoms with E-state index in [4.69, 9.17) is 10.6 Å². The summed E-state index contributed by atoms with van der Waals surface area (Å²) in [6.07, 6.45) is 4.39. The van der Waals surface area contributed by atoms with Crippen molar-refractivity contribution in [3.05, 3.63) is 0 Å². The Morgan fingerprint density at radius 2 is 2.05 bits per heavy atom. The summed E-state index contributed by atoms with van der Waals surface area (Å²) in [6, 6.07) is 0. The van der Waals surface area contributed by atoms with Crippen LogP contribution in [-0.4, -0.2) is 23.8 Å². The highest BCUT2D eigenvalue weighted by molar-refractivity contribution is 5.82. The monoisotopic (exact) mass is 269 g/mol. The molecule has 1 rings (SSSR count). The van der Waals surface area contributed by atoms with Gasteiger partial charge in [0.05, 0.1) is 0 Å². The molecule has 6 heteroatoms. The van der Waals surface area contributed by atoms with Gasteiger partial charge in [0, 0.05) is 12.1 Å². The van der Waals surface area contributed by atoms with E-state index in [-0.39, 0.29) is 17.7 Å². The van der Waals surface area contributed by atoms with Crippen molar-refractivity contribution >= 4 is 18.2 Å². The van der Waals surface area contributed by atoms with E-state index in [1.807, 2.05) is 0 Å². The molecule has 0 saturated heterocycles. The second kappa shape index (κ2) is 6.65. The molecule has 0 aromatic carbocycles. The van der Waals surface area contributed by atoms with E-state index < -0.39 is 11.7 Å². The van der Waals surface area contributed by atoms with Gasteiger partial charge in [-0.1, -0.05) is 6.42 Å². The number of nitrogens with zero attached hydrogens (tertiary/aromatic N) is 1. The minimum absolute atomic E-state index is 0.0890. The van der Waals surface area contributed by atoms with Crippen molar-refractivity contribution in [3.8, 4) is 0 Å². The van der Waals surface area contributed by atoms with Gasteiger partial charge in [0.1, 0.15) is 5.60 Å². The average Bonchev–Trinajstić information content (AvgIpc) is 2.34. The lowest BCUT2D eigenvalue weighted by Crippen LogP contribution is -2.38. The number of carbonyl (C=O) groups excluding carboxylic acids is 2. The van der Waals surface area contributed by atoms with Gasteiger partial charge in [-0.2, -0.15) is 4.99 Å². The molecule has 0 heterocycles. The van der Waals surface area contributed by atoms with Crippen molar-refractivity contribution in [1.82, 2.24) is 5.43 Å². The number of carbonyl (C=O) groups is 2. The highest BCUT2D eigenvalue weighted by atomic mass is 16.6. The van der Waals surface area contributed by atoms with E-state index in [0.717, 1.165) is 19.3 Å². The Kier molecular flexibility index (Phi) is 5.47. The summed E-state index contributed by atoms with van der Waals surface area (Å²) in [7, 11) is 0. The first kappa shape index (κ1) is 15.6. The second-order valence-corrected chi connectivity index (χ2v) is 5.89. The van der Waals surface area contributed by atoms with E-state index in [0.29, 0.717) is 6.42 Å². The van der Waals surface area contributed by atoms with Crippen LogP contribution in [0.3, 0.4) is 0 Å². The molecule has 19 heavy (non-hydrogen) atoms. The molecular formula is C13H23N3O3. The highest BCUT2D eigenvalue weighted by Gasteiger charge is 2.26. The third-order valence-corrected chi connectivity index (χ3v) is 3.01. The molecule has 2 atom stereocenters. The van der Waals surface area contributed by atoms with Crippen molar-refractivity contribution in [2.45, 2.75) is 52.1 Å². The van der Waals surface area contributed by atoms with E-state index >= 15 is 0 Å². The normalized spacial score (nSPS) is 24.2. The van der Waals surface area contributed by atoms with Gasteiger partial charge in [-0.15, -0.1) is 0 Å². The third-order valence-electron chi connectivity index (χ3n) is 3.01. The van der Waals surface area contributed by atoms with E-state index in [1.165, 1.54) is 0 Å². The van der Waals surface area contributed by atoms with Crippen LogP contribution in [0.25, 0.3) is 0 Å².